The van der Waals surface area contributed by atoms with E-state index in [0.717, 1.165) is 12.7 Å². The molecule has 1 aliphatic rings. The van der Waals surface area contributed by atoms with Gasteiger partial charge in [-0.2, -0.15) is 0 Å². The Balaban J connectivity index is 2.38. The third-order valence-corrected chi connectivity index (χ3v) is 1.81. The molecule has 1 aliphatic heterocycles. The maximum Gasteiger partial charge on any atom is 0.139 e. The Morgan fingerprint density at radius 3 is 2.56 bits per heavy atom. The standard InChI is InChI=1S/C5H12B2O2/c6-2-4-3(8)1-5(7)9-4/h3-5,8H,1-2,6-7H2. The molecule has 2 nitrogen and oxygen atoms in total. The van der Waals surface area contributed by atoms with Crippen LogP contribution in [0.1, 0.15) is 6.42 Å². The minimum absolute atomic E-state index is 0.0972. The van der Waals surface area contributed by atoms with Crippen molar-refractivity contribution in [1.29, 1.82) is 0 Å². The van der Waals surface area contributed by atoms with Gasteiger partial charge in [0.1, 0.15) is 15.7 Å². The Morgan fingerprint density at radius 2 is 2.33 bits per heavy atom. The van der Waals surface area contributed by atoms with E-state index in [-0.39, 0.29) is 18.2 Å². The van der Waals surface area contributed by atoms with Gasteiger partial charge in [-0.15, -0.1) is 0 Å². The summed E-state index contributed by atoms with van der Waals surface area (Å²) in [7, 11) is 4.03. The van der Waals surface area contributed by atoms with Crippen LogP contribution < -0.4 is 0 Å². The van der Waals surface area contributed by atoms with Gasteiger partial charge in [0, 0.05) is 6.00 Å². The molecule has 0 aromatic carbocycles. The van der Waals surface area contributed by atoms with Crippen LogP contribution in [0.4, 0.5) is 0 Å². The smallest absolute Gasteiger partial charge is 0.139 e. The molecule has 9 heavy (non-hydrogen) atoms. The van der Waals surface area contributed by atoms with Crippen LogP contribution in [0.5, 0.6) is 0 Å². The Labute approximate surface area is 57.4 Å². The lowest BCUT2D eigenvalue weighted by Gasteiger charge is -2.09. The molecule has 1 fully saturated rings. The second kappa shape index (κ2) is 2.76. The van der Waals surface area contributed by atoms with Gasteiger partial charge < -0.3 is 9.84 Å². The van der Waals surface area contributed by atoms with Crippen molar-refractivity contribution in [2.45, 2.75) is 31.0 Å². The van der Waals surface area contributed by atoms with Crippen LogP contribution in [0.3, 0.4) is 0 Å². The summed E-state index contributed by atoms with van der Waals surface area (Å²) >= 11 is 0. The molecule has 3 unspecified atom stereocenters. The summed E-state index contributed by atoms with van der Waals surface area (Å²) in [5.41, 5.74) is 0. The first-order valence-electron chi connectivity index (χ1n) is 3.57. The van der Waals surface area contributed by atoms with Gasteiger partial charge in [-0.1, -0.05) is 6.32 Å². The van der Waals surface area contributed by atoms with Crippen molar-refractivity contribution in [3.63, 3.8) is 0 Å². The van der Waals surface area contributed by atoms with Crippen molar-refractivity contribution in [1.82, 2.24) is 0 Å². The molecule has 0 aliphatic carbocycles. The van der Waals surface area contributed by atoms with Crippen LogP contribution >= 0.6 is 0 Å². The molecule has 0 aromatic heterocycles. The molecule has 1 rings (SSSR count). The fourth-order valence-corrected chi connectivity index (χ4v) is 1.30. The fourth-order valence-electron chi connectivity index (χ4n) is 1.30. The van der Waals surface area contributed by atoms with Crippen LogP contribution in [-0.2, 0) is 4.74 Å². The normalized spacial score (nSPS) is 43.4. The minimum atomic E-state index is -0.218. The predicted molar refractivity (Wildman–Crippen MR) is 41.2 cm³/mol. The first-order valence-corrected chi connectivity index (χ1v) is 3.57. The topological polar surface area (TPSA) is 29.5 Å². The highest BCUT2D eigenvalue weighted by atomic mass is 16.5. The summed E-state index contributed by atoms with van der Waals surface area (Å²) < 4.78 is 5.37. The maximum atomic E-state index is 9.23. The van der Waals surface area contributed by atoms with Gasteiger partial charge >= 0.3 is 0 Å². The summed E-state index contributed by atoms with van der Waals surface area (Å²) in [4.78, 5) is 0. The molecule has 3 atom stereocenters. The Bertz CT molecular complexity index is 99.0. The van der Waals surface area contributed by atoms with Crippen LogP contribution in [-0.4, -0.2) is 39.0 Å². The van der Waals surface area contributed by atoms with Gasteiger partial charge in [-0.3, -0.25) is 0 Å². The summed E-state index contributed by atoms with van der Waals surface area (Å²) in [6, 6.07) is 0.255. The van der Waals surface area contributed by atoms with E-state index in [1.165, 1.54) is 0 Å². The number of rotatable bonds is 1. The lowest BCUT2D eigenvalue weighted by molar-refractivity contribution is 0.0461. The molecule has 0 aromatic rings. The van der Waals surface area contributed by atoms with Crippen molar-refractivity contribution in [2.24, 2.45) is 0 Å². The summed E-state index contributed by atoms with van der Waals surface area (Å²) in [6.07, 6.45) is 1.61. The maximum absolute atomic E-state index is 9.23. The molecule has 0 spiro atoms. The van der Waals surface area contributed by atoms with Crippen LogP contribution in [0.2, 0.25) is 6.32 Å². The number of aliphatic hydroxyl groups excluding tert-OH is 1. The van der Waals surface area contributed by atoms with Gasteiger partial charge in [0.2, 0.25) is 0 Å². The quantitative estimate of drug-likeness (QED) is 0.417. The highest BCUT2D eigenvalue weighted by Gasteiger charge is 2.28. The first-order chi connectivity index (χ1) is 4.24. The first kappa shape index (κ1) is 7.16. The highest BCUT2D eigenvalue weighted by Crippen LogP contribution is 2.19. The third kappa shape index (κ3) is 1.49. The zero-order chi connectivity index (χ0) is 6.85. The summed E-state index contributed by atoms with van der Waals surface area (Å²) in [5.74, 6) is 0. The van der Waals surface area contributed by atoms with E-state index in [1.807, 2.05) is 15.7 Å². The molecular weight excluding hydrogens is 114 g/mol. The monoisotopic (exact) mass is 126 g/mol. The van der Waals surface area contributed by atoms with Crippen molar-refractivity contribution < 1.29 is 9.84 Å². The largest absolute Gasteiger partial charge is 0.390 e. The number of hydrogen-bond donors (Lipinski definition) is 1. The molecule has 0 radical (unpaired) electrons. The van der Waals surface area contributed by atoms with E-state index < -0.39 is 0 Å². The minimum Gasteiger partial charge on any atom is -0.390 e. The van der Waals surface area contributed by atoms with E-state index >= 15 is 0 Å². The molecule has 0 saturated carbocycles. The van der Waals surface area contributed by atoms with Gasteiger partial charge in [0.15, 0.2) is 0 Å². The fraction of sp³-hybridized carbons (Fsp3) is 1.00. The zero-order valence-electron chi connectivity index (χ0n) is 6.00. The zero-order valence-corrected chi connectivity index (χ0v) is 6.00. The molecule has 50 valence electrons. The molecule has 1 N–H and O–H groups in total. The average molecular weight is 126 g/mol. The lowest BCUT2D eigenvalue weighted by Crippen LogP contribution is -2.19. The number of hydrogen-bond acceptors (Lipinski definition) is 2. The van der Waals surface area contributed by atoms with Gasteiger partial charge in [0.05, 0.1) is 12.2 Å². The molecule has 0 bridgehead atoms. The van der Waals surface area contributed by atoms with Crippen LogP contribution in [0.25, 0.3) is 0 Å². The third-order valence-electron chi connectivity index (χ3n) is 1.81. The Kier molecular flexibility index (Phi) is 2.19. The number of aliphatic hydroxyl groups is 1. The van der Waals surface area contributed by atoms with E-state index in [9.17, 15) is 5.11 Å². The van der Waals surface area contributed by atoms with Crippen LogP contribution in [0, 0.1) is 0 Å². The van der Waals surface area contributed by atoms with Crippen molar-refractivity contribution in [3.8, 4) is 0 Å². The van der Waals surface area contributed by atoms with E-state index in [4.69, 9.17) is 4.74 Å². The van der Waals surface area contributed by atoms with E-state index in [1.54, 1.807) is 0 Å². The molecule has 4 heteroatoms. The molecular formula is C5H12B2O2. The van der Waals surface area contributed by atoms with E-state index in [0.29, 0.717) is 0 Å². The van der Waals surface area contributed by atoms with Crippen molar-refractivity contribution in [2.75, 3.05) is 0 Å². The Morgan fingerprint density at radius 1 is 1.67 bits per heavy atom. The summed E-state index contributed by atoms with van der Waals surface area (Å²) in [5, 5.41) is 9.23. The molecule has 1 saturated heterocycles. The molecule has 1 heterocycles. The second-order valence-electron chi connectivity index (χ2n) is 2.70. The lowest BCUT2D eigenvalue weighted by atomic mass is 9.93. The molecule has 0 amide bonds. The number of ether oxygens (including phenoxy) is 1. The Hall–Kier alpha value is 0.0499. The second-order valence-corrected chi connectivity index (χ2v) is 2.70. The highest BCUT2D eigenvalue weighted by molar-refractivity contribution is 6.11. The van der Waals surface area contributed by atoms with Gasteiger partial charge in [-0.25, -0.2) is 0 Å². The van der Waals surface area contributed by atoms with Crippen LogP contribution in [0.15, 0.2) is 0 Å². The van der Waals surface area contributed by atoms with Gasteiger partial charge in [-0.05, 0) is 6.42 Å². The predicted octanol–water partition coefficient (Wildman–Crippen LogP) is -1.85. The SMILES string of the molecule is BCC1OC(B)CC1O. The van der Waals surface area contributed by atoms with Gasteiger partial charge in [0.25, 0.3) is 0 Å². The van der Waals surface area contributed by atoms with E-state index in [2.05, 4.69) is 0 Å². The van der Waals surface area contributed by atoms with Crippen molar-refractivity contribution in [3.05, 3.63) is 0 Å². The summed E-state index contributed by atoms with van der Waals surface area (Å²) in [6.45, 7) is 0. The van der Waals surface area contributed by atoms with Crippen molar-refractivity contribution >= 4 is 15.7 Å². The average Bonchev–Trinajstić information content (AvgIpc) is 2.10.